The van der Waals surface area contributed by atoms with Gasteiger partial charge in [0.1, 0.15) is 0 Å². The maximum atomic E-state index is 4.46. The molecule has 0 atom stereocenters. The summed E-state index contributed by atoms with van der Waals surface area (Å²) in [4.78, 5) is 4.46. The van der Waals surface area contributed by atoms with Crippen LogP contribution in [0.25, 0.3) is 0 Å². The van der Waals surface area contributed by atoms with Crippen molar-refractivity contribution in [2.75, 3.05) is 10.6 Å². The average Bonchev–Trinajstić information content (AvgIpc) is 3.00. The fourth-order valence-corrected chi connectivity index (χ4v) is 2.49. The Morgan fingerprint density at radius 1 is 1.10 bits per heavy atom. The zero-order valence-electron chi connectivity index (χ0n) is 11.4. The molecule has 0 unspecified atom stereocenters. The van der Waals surface area contributed by atoms with Crippen LogP contribution in [0.1, 0.15) is 31.2 Å². The molecule has 1 aliphatic rings. The van der Waals surface area contributed by atoms with E-state index in [1.807, 2.05) is 18.2 Å². The van der Waals surface area contributed by atoms with Gasteiger partial charge in [-0.15, -0.1) is 5.10 Å². The number of nitrogens with zero attached hydrogens (tertiary/aromatic N) is 3. The van der Waals surface area contributed by atoms with Gasteiger partial charge in [-0.25, -0.2) is 0 Å². The lowest BCUT2D eigenvalue weighted by molar-refractivity contribution is 0.737. The number of hydrogen-bond acceptors (Lipinski definition) is 5. The molecule has 0 amide bonds. The molecule has 1 aliphatic carbocycles. The van der Waals surface area contributed by atoms with E-state index in [4.69, 9.17) is 0 Å². The first-order chi connectivity index (χ1) is 9.90. The molecule has 5 heteroatoms. The maximum absolute atomic E-state index is 4.46. The molecule has 0 saturated heterocycles. The van der Waals surface area contributed by atoms with Crippen LogP contribution in [0.5, 0.6) is 0 Å². The van der Waals surface area contributed by atoms with Crippen molar-refractivity contribution >= 4 is 11.8 Å². The Bertz CT molecular complexity index is 537. The second-order valence-corrected chi connectivity index (χ2v) is 5.13. The first-order valence-corrected chi connectivity index (χ1v) is 7.14. The van der Waals surface area contributed by atoms with E-state index < -0.39 is 0 Å². The van der Waals surface area contributed by atoms with Crippen LogP contribution in [0.15, 0.2) is 36.5 Å². The Morgan fingerprint density at radius 3 is 2.70 bits per heavy atom. The van der Waals surface area contributed by atoms with Crippen LogP contribution in [0.3, 0.4) is 0 Å². The number of aromatic nitrogens is 3. The lowest BCUT2D eigenvalue weighted by Crippen LogP contribution is -2.17. The van der Waals surface area contributed by atoms with Gasteiger partial charge in [0.25, 0.3) is 0 Å². The van der Waals surface area contributed by atoms with Crippen molar-refractivity contribution in [2.45, 2.75) is 38.3 Å². The van der Waals surface area contributed by atoms with Crippen molar-refractivity contribution < 1.29 is 0 Å². The normalized spacial score (nSPS) is 15.2. The lowest BCUT2D eigenvalue weighted by Gasteiger charge is -2.12. The van der Waals surface area contributed by atoms with Crippen LogP contribution >= 0.6 is 0 Å². The summed E-state index contributed by atoms with van der Waals surface area (Å²) in [5.41, 5.74) is 1.22. The average molecular weight is 269 g/mol. The van der Waals surface area contributed by atoms with E-state index in [0.717, 1.165) is 12.4 Å². The van der Waals surface area contributed by atoms with Gasteiger partial charge < -0.3 is 10.6 Å². The Morgan fingerprint density at radius 2 is 1.90 bits per heavy atom. The summed E-state index contributed by atoms with van der Waals surface area (Å²) in [6, 6.07) is 10.7. The molecule has 1 aromatic carbocycles. The summed E-state index contributed by atoms with van der Waals surface area (Å²) in [7, 11) is 0. The van der Waals surface area contributed by atoms with Crippen molar-refractivity contribution in [3.8, 4) is 0 Å². The van der Waals surface area contributed by atoms with Crippen molar-refractivity contribution in [3.63, 3.8) is 0 Å². The lowest BCUT2D eigenvalue weighted by atomic mass is 10.2. The van der Waals surface area contributed by atoms with E-state index in [2.05, 4.69) is 37.9 Å². The first-order valence-electron chi connectivity index (χ1n) is 7.14. The highest BCUT2D eigenvalue weighted by Gasteiger charge is 2.15. The Kier molecular flexibility index (Phi) is 4.06. The summed E-state index contributed by atoms with van der Waals surface area (Å²) in [5, 5.41) is 14.7. The number of benzene rings is 1. The third-order valence-corrected chi connectivity index (χ3v) is 3.56. The summed E-state index contributed by atoms with van der Waals surface area (Å²) in [6.45, 7) is 0.738. The largest absolute Gasteiger partial charge is 0.365 e. The first kappa shape index (κ1) is 12.8. The van der Waals surface area contributed by atoms with Crippen molar-refractivity contribution in [1.29, 1.82) is 0 Å². The molecule has 2 aromatic rings. The van der Waals surface area contributed by atoms with Gasteiger partial charge in [0.05, 0.1) is 6.20 Å². The highest BCUT2D eigenvalue weighted by molar-refractivity contribution is 5.38. The molecule has 0 aliphatic heterocycles. The zero-order chi connectivity index (χ0) is 13.6. The highest BCUT2D eigenvalue weighted by atomic mass is 15.3. The predicted octanol–water partition coefficient (Wildman–Crippen LogP) is 2.84. The summed E-state index contributed by atoms with van der Waals surface area (Å²) in [5.74, 6) is 1.37. The minimum atomic E-state index is 0.501. The molecule has 1 aromatic heterocycles. The van der Waals surface area contributed by atoms with E-state index in [-0.39, 0.29) is 0 Å². The summed E-state index contributed by atoms with van der Waals surface area (Å²) in [6.07, 6.45) is 6.63. The maximum Gasteiger partial charge on any atom is 0.244 e. The second kappa shape index (κ2) is 6.32. The number of nitrogens with one attached hydrogen (secondary N) is 2. The summed E-state index contributed by atoms with van der Waals surface area (Å²) < 4.78 is 0. The molecule has 0 spiro atoms. The van der Waals surface area contributed by atoms with Gasteiger partial charge in [-0.1, -0.05) is 43.2 Å². The molecule has 20 heavy (non-hydrogen) atoms. The predicted molar refractivity (Wildman–Crippen MR) is 79.5 cm³/mol. The van der Waals surface area contributed by atoms with Gasteiger partial charge in [-0.05, 0) is 18.4 Å². The molecule has 0 radical (unpaired) electrons. The van der Waals surface area contributed by atoms with E-state index in [9.17, 15) is 0 Å². The Labute approximate surface area is 118 Å². The monoisotopic (exact) mass is 269 g/mol. The van der Waals surface area contributed by atoms with E-state index in [0.29, 0.717) is 12.0 Å². The molecule has 2 N–H and O–H groups in total. The molecule has 1 fully saturated rings. The topological polar surface area (TPSA) is 62.7 Å². The SMILES string of the molecule is c1ccc(CNc2cnnc(NC3CCCC3)n2)cc1. The molecule has 1 heterocycles. The minimum Gasteiger partial charge on any atom is -0.365 e. The van der Waals surface area contributed by atoms with E-state index in [1.54, 1.807) is 6.20 Å². The molecular formula is C15H19N5. The number of anilines is 2. The van der Waals surface area contributed by atoms with Gasteiger partial charge >= 0.3 is 0 Å². The standard InChI is InChI=1S/C15H19N5/c1-2-6-12(7-3-1)10-16-14-11-17-20-15(19-14)18-13-8-4-5-9-13/h1-3,6-7,11,13H,4-5,8-10H2,(H2,16,18,19,20). The van der Waals surface area contributed by atoms with Crippen molar-refractivity contribution in [2.24, 2.45) is 0 Å². The van der Waals surface area contributed by atoms with Gasteiger partial charge in [0.15, 0.2) is 5.82 Å². The number of hydrogen-bond donors (Lipinski definition) is 2. The van der Waals surface area contributed by atoms with Crippen LogP contribution < -0.4 is 10.6 Å². The van der Waals surface area contributed by atoms with Crippen molar-refractivity contribution in [1.82, 2.24) is 15.2 Å². The fourth-order valence-electron chi connectivity index (χ4n) is 2.49. The van der Waals surface area contributed by atoms with Gasteiger partial charge in [0, 0.05) is 12.6 Å². The van der Waals surface area contributed by atoms with Gasteiger partial charge in [0.2, 0.25) is 5.95 Å². The second-order valence-electron chi connectivity index (χ2n) is 5.13. The smallest absolute Gasteiger partial charge is 0.244 e. The molecule has 1 saturated carbocycles. The van der Waals surface area contributed by atoms with Crippen LogP contribution in [0.2, 0.25) is 0 Å². The van der Waals surface area contributed by atoms with E-state index in [1.165, 1.54) is 31.2 Å². The van der Waals surface area contributed by atoms with Crippen molar-refractivity contribution in [3.05, 3.63) is 42.1 Å². The molecule has 104 valence electrons. The van der Waals surface area contributed by atoms with Crippen LogP contribution in [-0.4, -0.2) is 21.2 Å². The fraction of sp³-hybridized carbons (Fsp3) is 0.400. The zero-order valence-corrected chi connectivity index (χ0v) is 11.4. The molecular weight excluding hydrogens is 250 g/mol. The third-order valence-electron chi connectivity index (χ3n) is 3.56. The summed E-state index contributed by atoms with van der Waals surface area (Å²) >= 11 is 0. The molecule has 3 rings (SSSR count). The number of rotatable bonds is 5. The quantitative estimate of drug-likeness (QED) is 0.874. The van der Waals surface area contributed by atoms with Crippen LogP contribution in [0.4, 0.5) is 11.8 Å². The Hall–Kier alpha value is -2.17. The van der Waals surface area contributed by atoms with E-state index >= 15 is 0 Å². The minimum absolute atomic E-state index is 0.501. The van der Waals surface area contributed by atoms with Gasteiger partial charge in [-0.2, -0.15) is 10.1 Å². The highest BCUT2D eigenvalue weighted by Crippen LogP contribution is 2.20. The molecule has 5 nitrogen and oxygen atoms in total. The Balaban J connectivity index is 1.59. The third kappa shape index (κ3) is 3.44. The van der Waals surface area contributed by atoms with Crippen LogP contribution in [-0.2, 0) is 6.54 Å². The molecule has 0 bridgehead atoms. The van der Waals surface area contributed by atoms with Crippen LogP contribution in [0, 0.1) is 0 Å². The van der Waals surface area contributed by atoms with Gasteiger partial charge in [-0.3, -0.25) is 0 Å².